The fourth-order valence-electron chi connectivity index (χ4n) is 1.17. The van der Waals surface area contributed by atoms with Gasteiger partial charge in [-0.25, -0.2) is 4.79 Å². The summed E-state index contributed by atoms with van der Waals surface area (Å²) in [5.74, 6) is -0.977. The molecule has 0 spiro atoms. The third kappa shape index (κ3) is 5.95. The van der Waals surface area contributed by atoms with Gasteiger partial charge >= 0.3 is 5.97 Å². The van der Waals surface area contributed by atoms with Crippen LogP contribution in [0.15, 0.2) is 0 Å². The fraction of sp³-hybridized carbons (Fsp3) is 0.818. The second-order valence-corrected chi connectivity index (χ2v) is 4.15. The summed E-state index contributed by atoms with van der Waals surface area (Å²) in [5.41, 5.74) is -1.66. The molecule has 0 bridgehead atoms. The molecule has 7 heteroatoms. The highest BCUT2D eigenvalue weighted by molar-refractivity contribution is 5.82. The highest BCUT2D eigenvalue weighted by atomic mass is 16.5. The molecular formula is C11H22N2O5. The minimum absolute atomic E-state index is 0.0709. The molecule has 2 unspecified atom stereocenters. The Morgan fingerprint density at radius 1 is 1.39 bits per heavy atom. The van der Waals surface area contributed by atoms with Crippen molar-refractivity contribution in [2.24, 2.45) is 0 Å². The van der Waals surface area contributed by atoms with Crippen molar-refractivity contribution in [1.82, 2.24) is 10.6 Å². The maximum absolute atomic E-state index is 11.5. The van der Waals surface area contributed by atoms with Gasteiger partial charge in [-0.05, 0) is 13.8 Å². The lowest BCUT2D eigenvalue weighted by Gasteiger charge is -2.23. The first-order valence-electron chi connectivity index (χ1n) is 5.66. The molecule has 106 valence electrons. The smallest absolute Gasteiger partial charge is 0.338 e. The van der Waals surface area contributed by atoms with Crippen LogP contribution in [0.3, 0.4) is 0 Å². The predicted molar refractivity (Wildman–Crippen MR) is 65.0 cm³/mol. The molecule has 0 saturated heterocycles. The average Bonchev–Trinajstić information content (AvgIpc) is 2.34. The van der Waals surface area contributed by atoms with Crippen LogP contribution in [-0.2, 0) is 19.1 Å². The number of aliphatic hydroxyl groups is 1. The van der Waals surface area contributed by atoms with Crippen LogP contribution in [0.1, 0.15) is 13.8 Å². The molecule has 7 nitrogen and oxygen atoms in total. The van der Waals surface area contributed by atoms with Crippen molar-refractivity contribution in [3.63, 3.8) is 0 Å². The van der Waals surface area contributed by atoms with Crippen molar-refractivity contribution in [1.29, 1.82) is 0 Å². The molecule has 0 rings (SSSR count). The highest BCUT2D eigenvalue weighted by Crippen LogP contribution is 2.04. The Kier molecular flexibility index (Phi) is 7.49. The maximum Gasteiger partial charge on any atom is 0.338 e. The van der Waals surface area contributed by atoms with Gasteiger partial charge in [-0.2, -0.15) is 0 Å². The van der Waals surface area contributed by atoms with Crippen molar-refractivity contribution < 1.29 is 24.2 Å². The summed E-state index contributed by atoms with van der Waals surface area (Å²) in [6, 6.07) is -0.530. The lowest BCUT2D eigenvalue weighted by Crippen LogP contribution is -2.51. The number of methoxy groups -OCH3 is 2. The van der Waals surface area contributed by atoms with Crippen molar-refractivity contribution >= 4 is 11.9 Å². The van der Waals surface area contributed by atoms with E-state index in [0.29, 0.717) is 13.2 Å². The van der Waals surface area contributed by atoms with Crippen LogP contribution in [-0.4, -0.2) is 62.5 Å². The molecule has 0 radical (unpaired) electrons. The Hall–Kier alpha value is -1.18. The number of carbonyl (C=O) groups excluding carboxylic acids is 2. The number of hydrogen-bond donors (Lipinski definition) is 3. The molecular weight excluding hydrogens is 240 g/mol. The van der Waals surface area contributed by atoms with E-state index in [1.54, 1.807) is 14.0 Å². The van der Waals surface area contributed by atoms with E-state index >= 15 is 0 Å². The number of carbonyl (C=O) groups is 2. The first kappa shape index (κ1) is 16.8. The van der Waals surface area contributed by atoms with Gasteiger partial charge in [0.2, 0.25) is 5.91 Å². The highest BCUT2D eigenvalue weighted by Gasteiger charge is 2.32. The monoisotopic (exact) mass is 262 g/mol. The molecule has 0 saturated carbocycles. The van der Waals surface area contributed by atoms with Gasteiger partial charge in [0.05, 0.1) is 19.8 Å². The Morgan fingerprint density at radius 3 is 2.50 bits per heavy atom. The molecule has 1 amide bonds. The van der Waals surface area contributed by atoms with E-state index in [9.17, 15) is 14.7 Å². The second-order valence-electron chi connectivity index (χ2n) is 4.15. The molecule has 0 fully saturated rings. The van der Waals surface area contributed by atoms with Crippen molar-refractivity contribution in [3.8, 4) is 0 Å². The standard InChI is InChI=1S/C11H22N2O5/c1-8(9(14)12-5-6-17-3)13-7-11(2,16)10(15)18-4/h8,13,16H,5-7H2,1-4H3,(H,12,14). The minimum Gasteiger partial charge on any atom is -0.467 e. The summed E-state index contributed by atoms with van der Waals surface area (Å²) in [6.45, 7) is 3.72. The van der Waals surface area contributed by atoms with E-state index < -0.39 is 17.6 Å². The summed E-state index contributed by atoms with van der Waals surface area (Å²) in [7, 11) is 2.74. The van der Waals surface area contributed by atoms with E-state index in [-0.39, 0.29) is 12.5 Å². The molecule has 3 N–H and O–H groups in total. The summed E-state index contributed by atoms with van der Waals surface area (Å²) >= 11 is 0. The van der Waals surface area contributed by atoms with Gasteiger partial charge in [0, 0.05) is 20.2 Å². The van der Waals surface area contributed by atoms with Crippen LogP contribution >= 0.6 is 0 Å². The van der Waals surface area contributed by atoms with Crippen molar-refractivity contribution in [2.45, 2.75) is 25.5 Å². The fourth-order valence-corrected chi connectivity index (χ4v) is 1.17. The summed E-state index contributed by atoms with van der Waals surface area (Å²) < 4.78 is 9.24. The van der Waals surface area contributed by atoms with Gasteiger partial charge in [0.15, 0.2) is 5.60 Å². The average molecular weight is 262 g/mol. The Bertz CT molecular complexity index is 281. The topological polar surface area (TPSA) is 96.9 Å². The summed E-state index contributed by atoms with van der Waals surface area (Å²) in [5, 5.41) is 15.1. The van der Waals surface area contributed by atoms with E-state index in [4.69, 9.17) is 4.74 Å². The van der Waals surface area contributed by atoms with Crippen LogP contribution < -0.4 is 10.6 Å². The van der Waals surface area contributed by atoms with Crippen molar-refractivity contribution in [3.05, 3.63) is 0 Å². The number of hydrogen-bond acceptors (Lipinski definition) is 6. The van der Waals surface area contributed by atoms with Gasteiger partial charge < -0.3 is 25.2 Å². The zero-order valence-electron chi connectivity index (χ0n) is 11.3. The van der Waals surface area contributed by atoms with Crippen LogP contribution in [0.25, 0.3) is 0 Å². The zero-order valence-corrected chi connectivity index (χ0v) is 11.3. The summed E-state index contributed by atoms with van der Waals surface area (Å²) in [6.07, 6.45) is 0. The van der Waals surface area contributed by atoms with Gasteiger partial charge in [-0.3, -0.25) is 4.79 Å². The normalized spacial score (nSPS) is 15.6. The SMILES string of the molecule is COCCNC(=O)C(C)NCC(C)(O)C(=O)OC. The number of amides is 1. The van der Waals surface area contributed by atoms with Gasteiger partial charge in [-0.15, -0.1) is 0 Å². The quantitative estimate of drug-likeness (QED) is 0.370. The molecule has 0 aromatic heterocycles. The first-order chi connectivity index (χ1) is 8.35. The van der Waals surface area contributed by atoms with Crippen LogP contribution in [0.2, 0.25) is 0 Å². The molecule has 2 atom stereocenters. The third-order valence-corrected chi connectivity index (χ3v) is 2.38. The maximum atomic E-state index is 11.5. The molecule has 0 heterocycles. The summed E-state index contributed by atoms with van der Waals surface area (Å²) in [4.78, 5) is 22.7. The minimum atomic E-state index is -1.66. The molecule has 18 heavy (non-hydrogen) atoms. The molecule has 0 aliphatic rings. The number of rotatable bonds is 8. The lowest BCUT2D eigenvalue weighted by molar-refractivity contribution is -0.160. The Morgan fingerprint density at radius 2 is 2.00 bits per heavy atom. The molecule has 0 aliphatic heterocycles. The van der Waals surface area contributed by atoms with Crippen LogP contribution in [0.4, 0.5) is 0 Å². The molecule has 0 aromatic carbocycles. The van der Waals surface area contributed by atoms with Gasteiger partial charge in [0.25, 0.3) is 0 Å². The largest absolute Gasteiger partial charge is 0.467 e. The van der Waals surface area contributed by atoms with E-state index in [0.717, 1.165) is 0 Å². The van der Waals surface area contributed by atoms with Crippen molar-refractivity contribution in [2.75, 3.05) is 33.9 Å². The van der Waals surface area contributed by atoms with Crippen LogP contribution in [0, 0.1) is 0 Å². The lowest BCUT2D eigenvalue weighted by atomic mass is 10.1. The molecule has 0 aliphatic carbocycles. The van der Waals surface area contributed by atoms with E-state index in [1.165, 1.54) is 14.0 Å². The first-order valence-corrected chi connectivity index (χ1v) is 5.66. The predicted octanol–water partition coefficient (Wildman–Crippen LogP) is -1.35. The zero-order chi connectivity index (χ0) is 14.2. The molecule has 0 aromatic rings. The van der Waals surface area contributed by atoms with E-state index in [2.05, 4.69) is 15.4 Å². The van der Waals surface area contributed by atoms with Gasteiger partial charge in [-0.1, -0.05) is 0 Å². The number of ether oxygens (including phenoxy) is 2. The Balaban J connectivity index is 4.05. The number of esters is 1. The second kappa shape index (κ2) is 8.02. The Labute approximate surface area is 107 Å². The van der Waals surface area contributed by atoms with E-state index in [1.807, 2.05) is 0 Å². The van der Waals surface area contributed by atoms with Gasteiger partial charge in [0.1, 0.15) is 0 Å². The third-order valence-electron chi connectivity index (χ3n) is 2.38. The van der Waals surface area contributed by atoms with Crippen LogP contribution in [0.5, 0.6) is 0 Å². The number of nitrogens with one attached hydrogen (secondary N) is 2.